The molecule has 0 bridgehead atoms. The van der Waals surface area contributed by atoms with Crippen LogP contribution in [0, 0.1) is 0 Å². The first-order chi connectivity index (χ1) is 31.3. The highest BCUT2D eigenvalue weighted by Crippen LogP contribution is 2.62. The molecule has 11 aromatic rings. The molecule has 2 nitrogen and oxygen atoms in total. The Morgan fingerprint density at radius 1 is 0.317 bits per heavy atom. The van der Waals surface area contributed by atoms with Gasteiger partial charge in [0.15, 0.2) is 0 Å². The van der Waals surface area contributed by atoms with Gasteiger partial charge in [-0.3, -0.25) is 0 Å². The molecule has 2 aliphatic rings. The molecule has 294 valence electrons. The van der Waals surface area contributed by atoms with Crippen molar-refractivity contribution in [2.45, 2.75) is 5.41 Å². The summed E-state index contributed by atoms with van der Waals surface area (Å²) >= 11 is 0. The van der Waals surface area contributed by atoms with Gasteiger partial charge >= 0.3 is 0 Å². The SMILES string of the molecule is c1ccc(-c2ccccc2-c2ccc(N(c3ccc4c(c3)C3(c5ccccc5-4)c4ccccc4-n4c5ccccc5c5cccc3c54)c3ccccc3-c3ccccc3)cc2)cc1. The molecule has 0 saturated heterocycles. The molecule has 0 fully saturated rings. The van der Waals surface area contributed by atoms with E-state index in [1.165, 1.54) is 94.3 Å². The van der Waals surface area contributed by atoms with Crippen molar-refractivity contribution in [2.24, 2.45) is 0 Å². The standard InChI is InChI=1S/C61H40N2/c1-3-18-41(19-4-1)46-22-7-8-23-47(46)43-34-36-44(37-35-43)62(57-31-14-10-24-48(57)42-20-5-2-6-21-42)45-38-39-50-49-25-9-12-28-53(49)61(56(50)40-45)54-29-13-16-33-59(54)63-58-32-15-11-26-51(58)52-27-17-30-55(61)60(52)63/h1-40H. The number of benzene rings is 10. The van der Waals surface area contributed by atoms with E-state index in [0.717, 1.165) is 17.1 Å². The first-order valence-corrected chi connectivity index (χ1v) is 21.9. The monoisotopic (exact) mass is 800 g/mol. The fraction of sp³-hybridized carbons (Fsp3) is 0.0164. The van der Waals surface area contributed by atoms with Crippen LogP contribution in [0.5, 0.6) is 0 Å². The highest BCUT2D eigenvalue weighted by atomic mass is 15.1. The van der Waals surface area contributed by atoms with E-state index in [9.17, 15) is 0 Å². The molecule has 1 atom stereocenters. The molecule has 1 spiro atoms. The van der Waals surface area contributed by atoms with E-state index >= 15 is 0 Å². The molecule has 0 radical (unpaired) electrons. The summed E-state index contributed by atoms with van der Waals surface area (Å²) in [6.07, 6.45) is 0. The highest BCUT2D eigenvalue weighted by molar-refractivity contribution is 6.13. The zero-order chi connectivity index (χ0) is 41.5. The lowest BCUT2D eigenvalue weighted by Gasteiger charge is -2.40. The first-order valence-electron chi connectivity index (χ1n) is 21.9. The summed E-state index contributed by atoms with van der Waals surface area (Å²) in [5.74, 6) is 0. The van der Waals surface area contributed by atoms with Crippen LogP contribution in [0.3, 0.4) is 0 Å². The minimum Gasteiger partial charge on any atom is -0.310 e. The van der Waals surface area contributed by atoms with Crippen molar-refractivity contribution >= 4 is 38.9 Å². The molecule has 13 rings (SSSR count). The van der Waals surface area contributed by atoms with E-state index in [0.29, 0.717) is 0 Å². The van der Waals surface area contributed by atoms with E-state index < -0.39 is 5.41 Å². The molecule has 63 heavy (non-hydrogen) atoms. The van der Waals surface area contributed by atoms with Crippen molar-refractivity contribution in [1.82, 2.24) is 4.57 Å². The number of anilines is 3. The molecule has 1 unspecified atom stereocenters. The van der Waals surface area contributed by atoms with E-state index in [-0.39, 0.29) is 0 Å². The Morgan fingerprint density at radius 2 is 0.841 bits per heavy atom. The summed E-state index contributed by atoms with van der Waals surface area (Å²) in [5.41, 5.74) is 21.5. The Hall–Kier alpha value is -8.20. The average molecular weight is 801 g/mol. The number of aromatic nitrogens is 1. The van der Waals surface area contributed by atoms with Crippen LogP contribution < -0.4 is 4.90 Å². The lowest BCUT2D eigenvalue weighted by Crippen LogP contribution is -2.33. The van der Waals surface area contributed by atoms with Gasteiger partial charge in [-0.2, -0.15) is 0 Å². The van der Waals surface area contributed by atoms with Crippen molar-refractivity contribution in [1.29, 1.82) is 0 Å². The van der Waals surface area contributed by atoms with Crippen molar-refractivity contribution in [2.75, 3.05) is 4.90 Å². The number of hydrogen-bond acceptors (Lipinski definition) is 1. The van der Waals surface area contributed by atoms with Crippen LogP contribution in [0.15, 0.2) is 243 Å². The van der Waals surface area contributed by atoms with Crippen molar-refractivity contribution in [3.05, 3.63) is 265 Å². The third kappa shape index (κ3) is 5.13. The van der Waals surface area contributed by atoms with Crippen LogP contribution in [0.25, 0.3) is 72.0 Å². The van der Waals surface area contributed by atoms with E-state index in [1.807, 2.05) is 0 Å². The van der Waals surface area contributed by atoms with Gasteiger partial charge in [-0.25, -0.2) is 0 Å². The first kappa shape index (κ1) is 35.5. The maximum Gasteiger partial charge on any atom is 0.0755 e. The van der Waals surface area contributed by atoms with Gasteiger partial charge in [-0.1, -0.05) is 200 Å². The fourth-order valence-electron chi connectivity index (χ4n) is 11.0. The van der Waals surface area contributed by atoms with Crippen LogP contribution in [0.1, 0.15) is 22.3 Å². The van der Waals surface area contributed by atoms with Crippen LogP contribution in [0.2, 0.25) is 0 Å². The summed E-state index contributed by atoms with van der Waals surface area (Å²) in [5, 5.41) is 2.56. The van der Waals surface area contributed by atoms with E-state index in [4.69, 9.17) is 0 Å². The second-order valence-electron chi connectivity index (χ2n) is 16.8. The Bertz CT molecular complexity index is 3560. The third-order valence-corrected chi connectivity index (χ3v) is 13.6. The van der Waals surface area contributed by atoms with Gasteiger partial charge in [-0.05, 0) is 104 Å². The van der Waals surface area contributed by atoms with Crippen molar-refractivity contribution < 1.29 is 0 Å². The van der Waals surface area contributed by atoms with Gasteiger partial charge in [0.05, 0.1) is 27.8 Å². The molecule has 1 aliphatic carbocycles. The number of rotatable bonds is 6. The Balaban J connectivity index is 1.07. The zero-order valence-corrected chi connectivity index (χ0v) is 34.5. The quantitative estimate of drug-likeness (QED) is 0.163. The van der Waals surface area contributed by atoms with Crippen LogP contribution in [-0.4, -0.2) is 4.57 Å². The van der Waals surface area contributed by atoms with Gasteiger partial charge in [0, 0.05) is 27.7 Å². The fourth-order valence-corrected chi connectivity index (χ4v) is 11.0. The molecule has 1 aromatic heterocycles. The lowest BCUT2D eigenvalue weighted by atomic mass is 9.65. The summed E-state index contributed by atoms with van der Waals surface area (Å²) in [4.78, 5) is 2.47. The molecule has 10 aromatic carbocycles. The number of nitrogens with zero attached hydrogens (tertiary/aromatic N) is 2. The van der Waals surface area contributed by atoms with Crippen molar-refractivity contribution in [3.8, 4) is 50.2 Å². The van der Waals surface area contributed by atoms with E-state index in [2.05, 4.69) is 252 Å². The van der Waals surface area contributed by atoms with Gasteiger partial charge in [-0.15, -0.1) is 0 Å². The third-order valence-electron chi connectivity index (χ3n) is 13.6. The summed E-state index contributed by atoms with van der Waals surface area (Å²) in [6, 6.07) is 89.5. The number of para-hydroxylation sites is 4. The maximum absolute atomic E-state index is 2.52. The average Bonchev–Trinajstić information content (AvgIpc) is 3.85. The second kappa shape index (κ2) is 13.9. The van der Waals surface area contributed by atoms with Crippen LogP contribution in [0.4, 0.5) is 17.1 Å². The largest absolute Gasteiger partial charge is 0.310 e. The smallest absolute Gasteiger partial charge is 0.0755 e. The van der Waals surface area contributed by atoms with Gasteiger partial charge in [0.1, 0.15) is 0 Å². The predicted molar refractivity (Wildman–Crippen MR) is 263 cm³/mol. The van der Waals surface area contributed by atoms with Gasteiger partial charge in [0.25, 0.3) is 0 Å². The Kier molecular flexibility index (Phi) is 7.85. The van der Waals surface area contributed by atoms with Crippen LogP contribution in [-0.2, 0) is 5.41 Å². The molecule has 0 saturated carbocycles. The van der Waals surface area contributed by atoms with Gasteiger partial charge in [0.2, 0.25) is 0 Å². The summed E-state index contributed by atoms with van der Waals surface area (Å²) in [6.45, 7) is 0. The minimum absolute atomic E-state index is 0.557. The highest BCUT2D eigenvalue weighted by Gasteiger charge is 2.51. The summed E-state index contributed by atoms with van der Waals surface area (Å²) in [7, 11) is 0. The second-order valence-corrected chi connectivity index (χ2v) is 16.8. The zero-order valence-electron chi connectivity index (χ0n) is 34.5. The normalized spacial score (nSPS) is 14.4. The summed E-state index contributed by atoms with van der Waals surface area (Å²) < 4.78 is 2.52. The minimum atomic E-state index is -0.557. The van der Waals surface area contributed by atoms with Crippen LogP contribution >= 0.6 is 0 Å². The molecule has 2 heterocycles. The van der Waals surface area contributed by atoms with Crippen molar-refractivity contribution in [3.63, 3.8) is 0 Å². The predicted octanol–water partition coefficient (Wildman–Crippen LogP) is 15.9. The van der Waals surface area contributed by atoms with Gasteiger partial charge < -0.3 is 9.47 Å². The molecule has 2 heteroatoms. The molecule has 0 N–H and O–H groups in total. The maximum atomic E-state index is 2.52. The molecular weight excluding hydrogens is 761 g/mol. The number of fused-ring (bicyclic) bond motifs is 12. The Labute approximate surface area is 367 Å². The Morgan fingerprint density at radius 3 is 1.60 bits per heavy atom. The molecule has 1 aliphatic heterocycles. The number of hydrogen-bond donors (Lipinski definition) is 0. The molecule has 0 amide bonds. The lowest BCUT2D eigenvalue weighted by molar-refractivity contribution is 0.748. The van der Waals surface area contributed by atoms with E-state index in [1.54, 1.807) is 0 Å². The topological polar surface area (TPSA) is 8.17 Å². The molecular formula is C61H40N2.